The highest BCUT2D eigenvalue weighted by Crippen LogP contribution is 2.35. The van der Waals surface area contributed by atoms with Gasteiger partial charge in [-0.2, -0.15) is 4.98 Å². The predicted octanol–water partition coefficient (Wildman–Crippen LogP) is 5.65. The summed E-state index contributed by atoms with van der Waals surface area (Å²) >= 11 is 0. The summed E-state index contributed by atoms with van der Waals surface area (Å²) in [5, 5.41) is 8.36. The number of aromatic nitrogens is 2. The smallest absolute Gasteiger partial charge is 0.225 e. The average molecular weight is 522 g/mol. The SMILES string of the molecule is CCOc1cc(OCC)c(OCC)cc1CNCC1CCC(Nc2nc(N(C)C)c3ccccc3n2)CC1. The molecule has 0 saturated heterocycles. The summed E-state index contributed by atoms with van der Waals surface area (Å²) in [5.74, 6) is 4.68. The topological polar surface area (TPSA) is 80.8 Å². The largest absolute Gasteiger partial charge is 0.493 e. The summed E-state index contributed by atoms with van der Waals surface area (Å²) in [6.07, 6.45) is 4.57. The van der Waals surface area contributed by atoms with E-state index < -0.39 is 0 Å². The second-order valence-electron chi connectivity index (χ2n) is 9.98. The number of fused-ring (bicyclic) bond motifs is 1. The Labute approximate surface area is 227 Å². The van der Waals surface area contributed by atoms with E-state index in [2.05, 4.69) is 33.7 Å². The molecule has 3 aromatic rings. The summed E-state index contributed by atoms with van der Waals surface area (Å²) in [5.41, 5.74) is 2.07. The molecule has 8 nitrogen and oxygen atoms in total. The van der Waals surface area contributed by atoms with Gasteiger partial charge < -0.3 is 29.7 Å². The van der Waals surface area contributed by atoms with Crippen molar-refractivity contribution < 1.29 is 14.2 Å². The molecule has 1 aliphatic carbocycles. The lowest BCUT2D eigenvalue weighted by Crippen LogP contribution is -2.31. The molecule has 0 spiro atoms. The maximum absolute atomic E-state index is 5.92. The van der Waals surface area contributed by atoms with E-state index in [1.54, 1.807) is 0 Å². The van der Waals surface area contributed by atoms with Gasteiger partial charge in [0.1, 0.15) is 11.6 Å². The first-order valence-electron chi connectivity index (χ1n) is 14.0. The fourth-order valence-electron chi connectivity index (χ4n) is 5.12. The van der Waals surface area contributed by atoms with E-state index >= 15 is 0 Å². The van der Waals surface area contributed by atoms with Crippen LogP contribution in [0.15, 0.2) is 36.4 Å². The van der Waals surface area contributed by atoms with Crippen LogP contribution >= 0.6 is 0 Å². The zero-order valence-corrected chi connectivity index (χ0v) is 23.5. The van der Waals surface area contributed by atoms with Crippen LogP contribution in [0, 0.1) is 5.92 Å². The molecule has 0 radical (unpaired) electrons. The first-order chi connectivity index (χ1) is 18.5. The van der Waals surface area contributed by atoms with Gasteiger partial charge >= 0.3 is 0 Å². The molecule has 1 aromatic heterocycles. The number of hydrogen-bond donors (Lipinski definition) is 2. The van der Waals surface area contributed by atoms with Crippen molar-refractivity contribution in [3.05, 3.63) is 42.0 Å². The van der Waals surface area contributed by atoms with Gasteiger partial charge in [-0.1, -0.05) is 12.1 Å². The van der Waals surface area contributed by atoms with E-state index in [0.717, 1.165) is 71.4 Å². The predicted molar refractivity (Wildman–Crippen MR) is 155 cm³/mol. The Kier molecular flexibility index (Phi) is 9.87. The van der Waals surface area contributed by atoms with Crippen LogP contribution in [0.3, 0.4) is 0 Å². The molecule has 0 aliphatic heterocycles. The molecule has 1 heterocycles. The highest BCUT2D eigenvalue weighted by atomic mass is 16.5. The normalized spacial score (nSPS) is 17.3. The molecule has 1 saturated carbocycles. The lowest BCUT2D eigenvalue weighted by molar-refractivity contribution is 0.281. The molecule has 38 heavy (non-hydrogen) atoms. The van der Waals surface area contributed by atoms with Crippen molar-refractivity contribution in [2.24, 2.45) is 5.92 Å². The first kappa shape index (κ1) is 27.8. The van der Waals surface area contributed by atoms with Gasteiger partial charge in [0.15, 0.2) is 11.5 Å². The summed E-state index contributed by atoms with van der Waals surface area (Å²) in [6.45, 7) is 9.48. The van der Waals surface area contributed by atoms with Crippen LogP contribution in [0.25, 0.3) is 10.9 Å². The van der Waals surface area contributed by atoms with Crippen LogP contribution in [0.1, 0.15) is 52.0 Å². The standard InChI is InChI=1S/C30H43N5O3/c1-6-36-26-18-28(38-8-3)27(37-7-2)17-22(26)20-31-19-21-13-15-23(16-14-21)32-30-33-25-12-10-9-11-24(25)29(34-30)35(4)5/h9-12,17-18,21,23,31H,6-8,13-16,19-20H2,1-5H3,(H,32,33,34). The van der Waals surface area contributed by atoms with Gasteiger partial charge in [0.2, 0.25) is 5.95 Å². The van der Waals surface area contributed by atoms with Crippen LogP contribution in [0.5, 0.6) is 17.2 Å². The minimum absolute atomic E-state index is 0.395. The lowest BCUT2D eigenvalue weighted by atomic mass is 9.86. The van der Waals surface area contributed by atoms with Crippen molar-refractivity contribution in [3.8, 4) is 17.2 Å². The molecule has 0 bridgehead atoms. The maximum Gasteiger partial charge on any atom is 0.225 e. The molecule has 0 atom stereocenters. The number of rotatable bonds is 13. The van der Waals surface area contributed by atoms with Gasteiger partial charge in [-0.15, -0.1) is 0 Å². The van der Waals surface area contributed by atoms with Gasteiger partial charge in [-0.3, -0.25) is 0 Å². The number of benzene rings is 2. The molecule has 0 amide bonds. The molecule has 1 fully saturated rings. The summed E-state index contributed by atoms with van der Waals surface area (Å²) in [7, 11) is 4.05. The van der Waals surface area contributed by atoms with Crippen molar-refractivity contribution in [2.75, 3.05) is 50.7 Å². The van der Waals surface area contributed by atoms with E-state index in [1.165, 1.54) is 12.8 Å². The zero-order valence-electron chi connectivity index (χ0n) is 23.5. The van der Waals surface area contributed by atoms with Crippen LogP contribution in [-0.4, -0.2) is 56.5 Å². The third-order valence-corrected chi connectivity index (χ3v) is 6.96. The Hall–Kier alpha value is -3.26. The minimum atomic E-state index is 0.395. The molecule has 4 rings (SSSR count). The fourth-order valence-corrected chi connectivity index (χ4v) is 5.12. The maximum atomic E-state index is 5.92. The van der Waals surface area contributed by atoms with Crippen molar-refractivity contribution in [1.82, 2.24) is 15.3 Å². The van der Waals surface area contributed by atoms with Gasteiger partial charge in [-0.05, 0) is 77.1 Å². The monoisotopic (exact) mass is 521 g/mol. The van der Waals surface area contributed by atoms with Crippen LogP contribution in [0.4, 0.5) is 11.8 Å². The van der Waals surface area contributed by atoms with Gasteiger partial charge in [-0.25, -0.2) is 4.98 Å². The summed E-state index contributed by atoms with van der Waals surface area (Å²) < 4.78 is 17.5. The fraction of sp³-hybridized carbons (Fsp3) is 0.533. The van der Waals surface area contributed by atoms with E-state index in [0.29, 0.717) is 31.8 Å². The van der Waals surface area contributed by atoms with Gasteiger partial charge in [0.05, 0.1) is 25.3 Å². The second kappa shape index (κ2) is 13.5. The number of nitrogens with one attached hydrogen (secondary N) is 2. The Morgan fingerprint density at radius 1 is 0.842 bits per heavy atom. The minimum Gasteiger partial charge on any atom is -0.493 e. The number of para-hydroxylation sites is 1. The third-order valence-electron chi connectivity index (χ3n) is 6.96. The number of nitrogens with zero attached hydrogens (tertiary/aromatic N) is 3. The second-order valence-corrected chi connectivity index (χ2v) is 9.98. The quantitative estimate of drug-likeness (QED) is 0.299. The van der Waals surface area contributed by atoms with Crippen molar-refractivity contribution in [3.63, 3.8) is 0 Å². The molecule has 8 heteroatoms. The highest BCUT2D eigenvalue weighted by molar-refractivity contribution is 5.90. The Balaban J connectivity index is 1.31. The zero-order chi connectivity index (χ0) is 26.9. The van der Waals surface area contributed by atoms with Crippen molar-refractivity contribution in [2.45, 2.75) is 59.0 Å². The third kappa shape index (κ3) is 6.98. The van der Waals surface area contributed by atoms with Crippen molar-refractivity contribution in [1.29, 1.82) is 0 Å². The van der Waals surface area contributed by atoms with E-state index in [4.69, 9.17) is 24.2 Å². The average Bonchev–Trinajstić information content (AvgIpc) is 2.91. The Morgan fingerprint density at radius 3 is 2.18 bits per heavy atom. The van der Waals surface area contributed by atoms with E-state index in [-0.39, 0.29) is 0 Å². The van der Waals surface area contributed by atoms with E-state index in [1.807, 2.05) is 53.1 Å². The molecular weight excluding hydrogens is 478 g/mol. The molecular formula is C30H43N5O3. The molecule has 206 valence electrons. The Bertz CT molecular complexity index is 1180. The van der Waals surface area contributed by atoms with Gasteiger partial charge in [0, 0.05) is 43.7 Å². The van der Waals surface area contributed by atoms with E-state index in [9.17, 15) is 0 Å². The number of anilines is 2. The van der Waals surface area contributed by atoms with Gasteiger partial charge in [0.25, 0.3) is 0 Å². The Morgan fingerprint density at radius 2 is 1.50 bits per heavy atom. The van der Waals surface area contributed by atoms with Crippen LogP contribution in [0.2, 0.25) is 0 Å². The summed E-state index contributed by atoms with van der Waals surface area (Å²) in [6, 6.07) is 12.6. The lowest BCUT2D eigenvalue weighted by Gasteiger charge is -2.29. The number of hydrogen-bond acceptors (Lipinski definition) is 8. The molecule has 1 aliphatic rings. The van der Waals surface area contributed by atoms with Crippen molar-refractivity contribution >= 4 is 22.7 Å². The van der Waals surface area contributed by atoms with Crippen LogP contribution < -0.4 is 29.7 Å². The molecule has 2 aromatic carbocycles. The molecule has 2 N–H and O–H groups in total. The first-order valence-corrected chi connectivity index (χ1v) is 14.0. The molecule has 0 unspecified atom stereocenters. The van der Waals surface area contributed by atoms with Crippen LogP contribution in [-0.2, 0) is 6.54 Å². The number of ether oxygens (including phenoxy) is 3. The highest BCUT2D eigenvalue weighted by Gasteiger charge is 2.22. The summed E-state index contributed by atoms with van der Waals surface area (Å²) in [4.78, 5) is 11.7.